The number of aromatic nitrogens is 2. The molecule has 2 N–H and O–H groups in total. The summed E-state index contributed by atoms with van der Waals surface area (Å²) in [6.45, 7) is 5.05. The summed E-state index contributed by atoms with van der Waals surface area (Å²) in [5.74, 6) is 0.431. The number of unbranched alkanes of at least 4 members (excludes halogenated alkanes) is 1. The minimum absolute atomic E-state index is 0.0928. The standard InChI is InChI=1S/C10H18N4O2S/c1-3-5-6-14-17(15,16)9-7-12-10(11-4-2)13-8-9/h7-8,14H,3-6H2,1-2H3,(H,11,12,13). The van der Waals surface area contributed by atoms with Gasteiger partial charge in [-0.2, -0.15) is 0 Å². The molecule has 7 heteroatoms. The maximum absolute atomic E-state index is 11.8. The molecular weight excluding hydrogens is 240 g/mol. The van der Waals surface area contributed by atoms with Crippen LogP contribution in [0.2, 0.25) is 0 Å². The first kappa shape index (κ1) is 13.9. The Morgan fingerprint density at radius 1 is 1.24 bits per heavy atom. The maximum atomic E-state index is 11.8. The van der Waals surface area contributed by atoms with Crippen LogP contribution in [0.3, 0.4) is 0 Å². The topological polar surface area (TPSA) is 84.0 Å². The Balaban J connectivity index is 2.71. The molecule has 96 valence electrons. The molecule has 1 rings (SSSR count). The summed E-state index contributed by atoms with van der Waals surface area (Å²) >= 11 is 0. The van der Waals surface area contributed by atoms with Crippen LogP contribution < -0.4 is 10.0 Å². The number of anilines is 1. The first-order valence-electron chi connectivity index (χ1n) is 5.65. The third kappa shape index (κ3) is 4.27. The van der Waals surface area contributed by atoms with Crippen molar-refractivity contribution in [2.45, 2.75) is 31.6 Å². The molecule has 0 aromatic carbocycles. The molecule has 0 fully saturated rings. The third-order valence-corrected chi connectivity index (χ3v) is 3.51. The fourth-order valence-electron chi connectivity index (χ4n) is 1.17. The van der Waals surface area contributed by atoms with Gasteiger partial charge >= 0.3 is 0 Å². The van der Waals surface area contributed by atoms with Crippen LogP contribution in [0.15, 0.2) is 17.3 Å². The van der Waals surface area contributed by atoms with Crippen molar-refractivity contribution in [2.75, 3.05) is 18.4 Å². The molecule has 6 nitrogen and oxygen atoms in total. The third-order valence-electron chi connectivity index (χ3n) is 2.10. The molecule has 1 heterocycles. The molecule has 0 aliphatic carbocycles. The lowest BCUT2D eigenvalue weighted by atomic mass is 10.3. The summed E-state index contributed by atoms with van der Waals surface area (Å²) in [6.07, 6.45) is 4.37. The number of sulfonamides is 1. The van der Waals surface area contributed by atoms with Crippen molar-refractivity contribution >= 4 is 16.0 Å². The van der Waals surface area contributed by atoms with E-state index in [1.54, 1.807) is 0 Å². The smallest absolute Gasteiger partial charge is 0.243 e. The van der Waals surface area contributed by atoms with Gasteiger partial charge in [0.05, 0.1) is 12.4 Å². The van der Waals surface area contributed by atoms with Gasteiger partial charge in [-0.3, -0.25) is 0 Å². The fourth-order valence-corrected chi connectivity index (χ4v) is 2.13. The Kier molecular flexibility index (Phi) is 5.30. The van der Waals surface area contributed by atoms with E-state index < -0.39 is 10.0 Å². The second-order valence-corrected chi connectivity index (χ2v) is 5.29. The normalized spacial score (nSPS) is 11.4. The van der Waals surface area contributed by atoms with Crippen LogP contribution in [0, 0.1) is 0 Å². The van der Waals surface area contributed by atoms with Crippen LogP contribution in [-0.2, 0) is 10.0 Å². The number of hydrogen-bond acceptors (Lipinski definition) is 5. The molecule has 0 unspecified atom stereocenters. The van der Waals surface area contributed by atoms with Gasteiger partial charge in [0.25, 0.3) is 0 Å². The van der Waals surface area contributed by atoms with Gasteiger partial charge in [0.2, 0.25) is 16.0 Å². The van der Waals surface area contributed by atoms with Crippen molar-refractivity contribution in [3.8, 4) is 0 Å². The predicted molar refractivity (Wildman–Crippen MR) is 66.3 cm³/mol. The highest BCUT2D eigenvalue weighted by molar-refractivity contribution is 7.89. The molecule has 17 heavy (non-hydrogen) atoms. The molecule has 0 saturated carbocycles. The average Bonchev–Trinajstić information content (AvgIpc) is 2.30. The molecular formula is C10H18N4O2S. The summed E-state index contributed by atoms with van der Waals surface area (Å²) < 4.78 is 26.0. The minimum atomic E-state index is -3.47. The zero-order valence-electron chi connectivity index (χ0n) is 10.1. The molecule has 0 saturated heterocycles. The lowest BCUT2D eigenvalue weighted by Gasteiger charge is -2.06. The number of nitrogens with zero attached hydrogens (tertiary/aromatic N) is 2. The van der Waals surface area contributed by atoms with E-state index in [-0.39, 0.29) is 4.90 Å². The second-order valence-electron chi connectivity index (χ2n) is 3.52. The van der Waals surface area contributed by atoms with E-state index in [9.17, 15) is 8.42 Å². The first-order chi connectivity index (χ1) is 8.10. The van der Waals surface area contributed by atoms with Crippen molar-refractivity contribution in [2.24, 2.45) is 0 Å². The van der Waals surface area contributed by atoms with Gasteiger partial charge in [-0.15, -0.1) is 0 Å². The van der Waals surface area contributed by atoms with Gasteiger partial charge in [-0.05, 0) is 13.3 Å². The zero-order valence-corrected chi connectivity index (χ0v) is 10.9. The summed E-state index contributed by atoms with van der Waals surface area (Å²) in [7, 11) is -3.47. The summed E-state index contributed by atoms with van der Waals surface area (Å²) in [5, 5.41) is 2.90. The van der Waals surface area contributed by atoms with Gasteiger partial charge in [-0.25, -0.2) is 23.1 Å². The zero-order chi connectivity index (χ0) is 12.7. The Morgan fingerprint density at radius 2 is 1.88 bits per heavy atom. The van der Waals surface area contributed by atoms with E-state index in [4.69, 9.17) is 0 Å². The highest BCUT2D eigenvalue weighted by Crippen LogP contribution is 2.07. The van der Waals surface area contributed by atoms with Crippen molar-refractivity contribution in [1.82, 2.24) is 14.7 Å². The van der Waals surface area contributed by atoms with E-state index >= 15 is 0 Å². The Labute approximate surface area is 102 Å². The number of hydrogen-bond donors (Lipinski definition) is 2. The first-order valence-corrected chi connectivity index (χ1v) is 7.14. The lowest BCUT2D eigenvalue weighted by molar-refractivity contribution is 0.577. The predicted octanol–water partition coefficient (Wildman–Crippen LogP) is 0.987. The fraction of sp³-hybridized carbons (Fsp3) is 0.600. The Hall–Kier alpha value is -1.21. The minimum Gasteiger partial charge on any atom is -0.355 e. The Bertz CT molecular complexity index is 430. The van der Waals surface area contributed by atoms with Crippen LogP contribution in [0.1, 0.15) is 26.7 Å². The van der Waals surface area contributed by atoms with Crippen LogP contribution >= 0.6 is 0 Å². The summed E-state index contributed by atoms with van der Waals surface area (Å²) in [5.41, 5.74) is 0. The quantitative estimate of drug-likeness (QED) is 0.712. The molecule has 0 bridgehead atoms. The van der Waals surface area contributed by atoms with E-state index in [1.165, 1.54) is 12.4 Å². The largest absolute Gasteiger partial charge is 0.355 e. The van der Waals surface area contributed by atoms with Gasteiger partial charge in [0, 0.05) is 13.1 Å². The van der Waals surface area contributed by atoms with Gasteiger partial charge in [-0.1, -0.05) is 13.3 Å². The maximum Gasteiger partial charge on any atom is 0.243 e. The van der Waals surface area contributed by atoms with E-state index in [0.29, 0.717) is 19.0 Å². The monoisotopic (exact) mass is 258 g/mol. The van der Waals surface area contributed by atoms with Crippen molar-refractivity contribution in [1.29, 1.82) is 0 Å². The van der Waals surface area contributed by atoms with Crippen molar-refractivity contribution in [3.05, 3.63) is 12.4 Å². The summed E-state index contributed by atoms with van der Waals surface area (Å²) in [4.78, 5) is 7.94. The molecule has 0 radical (unpaired) electrons. The Morgan fingerprint density at radius 3 is 2.41 bits per heavy atom. The summed E-state index contributed by atoms with van der Waals surface area (Å²) in [6, 6.07) is 0. The van der Waals surface area contributed by atoms with Gasteiger partial charge in [0.1, 0.15) is 4.90 Å². The van der Waals surface area contributed by atoms with Crippen molar-refractivity contribution < 1.29 is 8.42 Å². The van der Waals surface area contributed by atoms with Gasteiger partial charge in [0.15, 0.2) is 0 Å². The molecule has 0 amide bonds. The number of nitrogens with one attached hydrogen (secondary N) is 2. The lowest BCUT2D eigenvalue weighted by Crippen LogP contribution is -2.25. The van der Waals surface area contributed by atoms with Crippen LogP contribution in [0.5, 0.6) is 0 Å². The highest BCUT2D eigenvalue weighted by atomic mass is 32.2. The van der Waals surface area contributed by atoms with E-state index in [2.05, 4.69) is 20.0 Å². The van der Waals surface area contributed by atoms with E-state index in [0.717, 1.165) is 12.8 Å². The molecule has 0 atom stereocenters. The molecule has 0 spiro atoms. The van der Waals surface area contributed by atoms with Crippen LogP contribution in [0.25, 0.3) is 0 Å². The highest BCUT2D eigenvalue weighted by Gasteiger charge is 2.13. The SMILES string of the molecule is CCCCNS(=O)(=O)c1cnc(NCC)nc1. The average molecular weight is 258 g/mol. The van der Waals surface area contributed by atoms with Crippen LogP contribution in [-0.4, -0.2) is 31.5 Å². The molecule has 1 aromatic heterocycles. The molecule has 0 aliphatic rings. The van der Waals surface area contributed by atoms with E-state index in [1.807, 2.05) is 13.8 Å². The molecule has 0 aliphatic heterocycles. The number of rotatable bonds is 7. The van der Waals surface area contributed by atoms with Gasteiger partial charge < -0.3 is 5.32 Å². The van der Waals surface area contributed by atoms with Crippen molar-refractivity contribution in [3.63, 3.8) is 0 Å². The molecule has 1 aromatic rings. The second kappa shape index (κ2) is 6.51. The van der Waals surface area contributed by atoms with Crippen LogP contribution in [0.4, 0.5) is 5.95 Å².